The van der Waals surface area contributed by atoms with E-state index in [0.29, 0.717) is 0 Å². The summed E-state index contributed by atoms with van der Waals surface area (Å²) in [4.78, 5) is 21.1. The highest BCUT2D eigenvalue weighted by atomic mass is 35.5. The van der Waals surface area contributed by atoms with Crippen LogP contribution in [0.5, 0.6) is 0 Å². The molecule has 4 unspecified atom stereocenters. The van der Waals surface area contributed by atoms with Crippen molar-refractivity contribution in [3.8, 4) is 0 Å². The highest BCUT2D eigenvalue weighted by molar-refractivity contribution is 6.55. The first-order valence-corrected chi connectivity index (χ1v) is 8.01. The molecule has 2 saturated carbocycles. The van der Waals surface area contributed by atoms with E-state index in [9.17, 15) is 18.4 Å². The standard InChI is InChI=1S/C8H10Cl2O2.C8H10F2O2/c2*1-8(2)4(3-5(9)10)6(8)7(11)12/h2*3-4,6H,1-2H3,(H,11,12). The fraction of sp³-hybridized carbons (Fsp3) is 0.625. The van der Waals surface area contributed by atoms with Gasteiger partial charge in [0.2, 0.25) is 0 Å². The Morgan fingerprint density at radius 1 is 0.875 bits per heavy atom. The zero-order chi connectivity index (χ0) is 19.0. The van der Waals surface area contributed by atoms with Gasteiger partial charge >= 0.3 is 11.9 Å². The Kier molecular flexibility index (Phi) is 6.10. The quantitative estimate of drug-likeness (QED) is 0.730. The van der Waals surface area contributed by atoms with Crippen LogP contribution >= 0.6 is 23.2 Å². The first kappa shape index (κ1) is 20.9. The summed E-state index contributed by atoms with van der Waals surface area (Å²) in [6.07, 6.45) is 0.539. The Balaban J connectivity index is 0.000000240. The van der Waals surface area contributed by atoms with Gasteiger partial charge < -0.3 is 10.2 Å². The van der Waals surface area contributed by atoms with Gasteiger partial charge in [-0.05, 0) is 28.9 Å². The summed E-state index contributed by atoms with van der Waals surface area (Å²) in [7, 11) is 0. The van der Waals surface area contributed by atoms with Crippen LogP contribution < -0.4 is 0 Å². The molecule has 0 heterocycles. The lowest BCUT2D eigenvalue weighted by atomic mass is 10.1. The molecule has 2 rings (SSSR count). The van der Waals surface area contributed by atoms with Crippen molar-refractivity contribution in [1.29, 1.82) is 0 Å². The van der Waals surface area contributed by atoms with Gasteiger partial charge in [-0.1, -0.05) is 50.9 Å². The van der Waals surface area contributed by atoms with E-state index in [-0.39, 0.29) is 21.7 Å². The zero-order valence-corrected chi connectivity index (χ0v) is 15.2. The average Bonchev–Trinajstić information content (AvgIpc) is 3.08. The van der Waals surface area contributed by atoms with Gasteiger partial charge in [0.15, 0.2) is 0 Å². The highest BCUT2D eigenvalue weighted by Gasteiger charge is 2.61. The van der Waals surface area contributed by atoms with Crippen LogP contribution in [0.2, 0.25) is 0 Å². The maximum absolute atomic E-state index is 11.8. The summed E-state index contributed by atoms with van der Waals surface area (Å²) < 4.78 is 23.7. The molecule has 2 aliphatic rings. The van der Waals surface area contributed by atoms with Crippen molar-refractivity contribution in [2.45, 2.75) is 27.7 Å². The van der Waals surface area contributed by atoms with Crippen molar-refractivity contribution >= 4 is 35.1 Å². The fourth-order valence-corrected chi connectivity index (χ4v) is 3.46. The van der Waals surface area contributed by atoms with Crippen LogP contribution in [0.4, 0.5) is 8.78 Å². The molecule has 0 saturated heterocycles. The average molecular weight is 385 g/mol. The van der Waals surface area contributed by atoms with Gasteiger partial charge in [0, 0.05) is 5.92 Å². The second kappa shape index (κ2) is 7.00. The number of carboxylic acid groups (broad SMARTS) is 2. The number of carboxylic acids is 2. The van der Waals surface area contributed by atoms with Gasteiger partial charge in [0.05, 0.1) is 11.8 Å². The van der Waals surface area contributed by atoms with E-state index in [1.165, 1.54) is 0 Å². The summed E-state index contributed by atoms with van der Waals surface area (Å²) in [6.45, 7) is 7.14. The van der Waals surface area contributed by atoms with Gasteiger partial charge in [-0.2, -0.15) is 8.78 Å². The molecule has 0 spiro atoms. The number of carbonyl (C=O) groups is 2. The van der Waals surface area contributed by atoms with Crippen molar-refractivity contribution in [3.05, 3.63) is 22.7 Å². The maximum Gasteiger partial charge on any atom is 0.307 e. The number of rotatable bonds is 4. The van der Waals surface area contributed by atoms with Crippen LogP contribution in [0.1, 0.15) is 27.7 Å². The Labute approximate surface area is 149 Å². The first-order valence-electron chi connectivity index (χ1n) is 7.25. The maximum atomic E-state index is 11.8. The molecule has 2 fully saturated rings. The lowest BCUT2D eigenvalue weighted by Crippen LogP contribution is -2.03. The van der Waals surface area contributed by atoms with Crippen LogP contribution in [0.25, 0.3) is 0 Å². The Morgan fingerprint density at radius 2 is 1.21 bits per heavy atom. The van der Waals surface area contributed by atoms with Crippen molar-refractivity contribution in [2.24, 2.45) is 34.5 Å². The molecule has 4 nitrogen and oxygen atoms in total. The van der Waals surface area contributed by atoms with Crippen molar-refractivity contribution in [1.82, 2.24) is 0 Å². The lowest BCUT2D eigenvalue weighted by Gasteiger charge is -1.96. The van der Waals surface area contributed by atoms with E-state index < -0.39 is 35.3 Å². The van der Waals surface area contributed by atoms with Gasteiger partial charge in [0.1, 0.15) is 4.49 Å². The van der Waals surface area contributed by atoms with Crippen LogP contribution in [0.15, 0.2) is 22.7 Å². The van der Waals surface area contributed by atoms with Gasteiger partial charge in [0.25, 0.3) is 6.08 Å². The molecule has 24 heavy (non-hydrogen) atoms. The summed E-state index contributed by atoms with van der Waals surface area (Å²) in [6, 6.07) is 0. The van der Waals surface area contributed by atoms with Crippen molar-refractivity contribution in [2.75, 3.05) is 0 Å². The molecule has 0 aromatic carbocycles. The normalized spacial score (nSPS) is 31.0. The molecule has 2 aliphatic carbocycles. The van der Waals surface area contributed by atoms with E-state index in [0.717, 1.165) is 6.08 Å². The Bertz CT molecular complexity index is 539. The summed E-state index contributed by atoms with van der Waals surface area (Å²) in [5.74, 6) is -3.32. The van der Waals surface area contributed by atoms with Crippen LogP contribution in [-0.4, -0.2) is 22.2 Å². The molecule has 0 aliphatic heterocycles. The van der Waals surface area contributed by atoms with E-state index in [1.54, 1.807) is 19.9 Å². The van der Waals surface area contributed by atoms with Gasteiger partial charge in [-0.15, -0.1) is 0 Å². The predicted octanol–water partition coefficient (Wildman–Crippen LogP) is 4.79. The van der Waals surface area contributed by atoms with Crippen molar-refractivity contribution in [3.63, 3.8) is 0 Å². The minimum atomic E-state index is -1.79. The summed E-state index contributed by atoms with van der Waals surface area (Å²) in [5.41, 5.74) is -0.726. The lowest BCUT2D eigenvalue weighted by molar-refractivity contribution is -0.140. The molecule has 0 amide bonds. The van der Waals surface area contributed by atoms with E-state index in [2.05, 4.69) is 0 Å². The highest BCUT2D eigenvalue weighted by Crippen LogP contribution is 2.60. The molecule has 0 bridgehead atoms. The van der Waals surface area contributed by atoms with E-state index in [1.807, 2.05) is 13.8 Å². The smallest absolute Gasteiger partial charge is 0.307 e. The Hall–Kier alpha value is -1.14. The Morgan fingerprint density at radius 3 is 1.42 bits per heavy atom. The molecule has 136 valence electrons. The molecule has 8 heteroatoms. The van der Waals surface area contributed by atoms with E-state index in [4.69, 9.17) is 33.4 Å². The fourth-order valence-electron chi connectivity index (χ4n) is 3.19. The minimum absolute atomic E-state index is 0.0278. The predicted molar refractivity (Wildman–Crippen MR) is 86.9 cm³/mol. The third-order valence-electron chi connectivity index (χ3n) is 4.96. The third-order valence-corrected chi connectivity index (χ3v) is 5.22. The molecule has 2 N–H and O–H groups in total. The van der Waals surface area contributed by atoms with Gasteiger partial charge in [-0.3, -0.25) is 9.59 Å². The second-order valence-electron chi connectivity index (χ2n) is 7.24. The van der Waals surface area contributed by atoms with E-state index >= 15 is 0 Å². The van der Waals surface area contributed by atoms with Crippen LogP contribution in [0.3, 0.4) is 0 Å². The molecular weight excluding hydrogens is 365 g/mol. The number of allylic oxidation sites excluding steroid dienone is 2. The second-order valence-corrected chi connectivity index (χ2v) is 8.25. The number of hydrogen-bond acceptors (Lipinski definition) is 2. The van der Waals surface area contributed by atoms with Crippen LogP contribution in [0, 0.1) is 34.5 Å². The van der Waals surface area contributed by atoms with Crippen molar-refractivity contribution < 1.29 is 28.6 Å². The first-order chi connectivity index (χ1) is 10.7. The molecule has 0 aromatic heterocycles. The third kappa shape index (κ3) is 4.48. The number of halogens is 4. The summed E-state index contributed by atoms with van der Waals surface area (Å²) >= 11 is 10.9. The zero-order valence-electron chi connectivity index (χ0n) is 13.7. The molecule has 0 radical (unpaired) electrons. The number of aliphatic carboxylic acids is 2. The summed E-state index contributed by atoms with van der Waals surface area (Å²) in [5, 5.41) is 17.4. The number of hydrogen-bond donors (Lipinski definition) is 2. The largest absolute Gasteiger partial charge is 0.481 e. The topological polar surface area (TPSA) is 74.6 Å². The monoisotopic (exact) mass is 384 g/mol. The molecular formula is C16H20Cl2F2O4. The minimum Gasteiger partial charge on any atom is -0.481 e. The SMILES string of the molecule is CC1(C)C(C=C(Cl)Cl)C1C(=O)O.CC1(C)C(C=C(F)F)C1C(=O)O. The van der Waals surface area contributed by atoms with Crippen LogP contribution in [-0.2, 0) is 9.59 Å². The molecule has 0 aromatic rings. The molecule has 4 atom stereocenters. The van der Waals surface area contributed by atoms with Gasteiger partial charge in [-0.25, -0.2) is 0 Å².